The summed E-state index contributed by atoms with van der Waals surface area (Å²) in [4.78, 5) is 13.3. The first-order valence-corrected chi connectivity index (χ1v) is 6.82. The zero-order valence-electron chi connectivity index (χ0n) is 11.7. The highest BCUT2D eigenvalue weighted by atomic mass is 35.5. The molecule has 1 amide bonds. The molecule has 1 fully saturated rings. The second kappa shape index (κ2) is 5.48. The van der Waals surface area contributed by atoms with Gasteiger partial charge in [-0.2, -0.15) is 0 Å². The van der Waals surface area contributed by atoms with Crippen molar-refractivity contribution in [1.29, 1.82) is 0 Å². The molecular formula is C14H18ClFN2O2. The number of rotatable bonds is 2. The lowest BCUT2D eigenvalue weighted by atomic mass is 10.1. The maximum atomic E-state index is 13.1. The van der Waals surface area contributed by atoms with E-state index >= 15 is 0 Å². The van der Waals surface area contributed by atoms with Gasteiger partial charge in [0.1, 0.15) is 11.4 Å². The van der Waals surface area contributed by atoms with E-state index in [-0.39, 0.29) is 18.0 Å². The third-order valence-corrected chi connectivity index (χ3v) is 3.15. The van der Waals surface area contributed by atoms with Gasteiger partial charge in [0.15, 0.2) is 0 Å². The SMILES string of the molecule is CC(C)(C)OC(=O)N1CC(Nc2cc(F)ccc2Cl)C1. The Labute approximate surface area is 122 Å². The van der Waals surface area contributed by atoms with Crippen LogP contribution in [0.25, 0.3) is 0 Å². The lowest BCUT2D eigenvalue weighted by molar-refractivity contribution is 0.0105. The Morgan fingerprint density at radius 2 is 2.10 bits per heavy atom. The van der Waals surface area contributed by atoms with Gasteiger partial charge in [0.25, 0.3) is 0 Å². The molecule has 110 valence electrons. The minimum absolute atomic E-state index is 0.0572. The van der Waals surface area contributed by atoms with Crippen molar-refractivity contribution < 1.29 is 13.9 Å². The van der Waals surface area contributed by atoms with Gasteiger partial charge in [-0.3, -0.25) is 0 Å². The molecule has 0 unspecified atom stereocenters. The fourth-order valence-corrected chi connectivity index (χ4v) is 2.05. The number of hydrogen-bond donors (Lipinski definition) is 1. The molecule has 4 nitrogen and oxygen atoms in total. The van der Waals surface area contributed by atoms with E-state index in [0.29, 0.717) is 23.8 Å². The highest BCUT2D eigenvalue weighted by Gasteiger charge is 2.33. The van der Waals surface area contributed by atoms with E-state index in [4.69, 9.17) is 16.3 Å². The number of hydrogen-bond acceptors (Lipinski definition) is 3. The summed E-state index contributed by atoms with van der Waals surface area (Å²) in [5.74, 6) is -0.347. The smallest absolute Gasteiger partial charge is 0.410 e. The summed E-state index contributed by atoms with van der Waals surface area (Å²) in [6.45, 7) is 6.51. The molecule has 0 aliphatic carbocycles. The van der Waals surface area contributed by atoms with E-state index in [1.54, 1.807) is 4.90 Å². The van der Waals surface area contributed by atoms with Crippen molar-refractivity contribution in [3.8, 4) is 0 Å². The molecule has 1 saturated heterocycles. The first-order chi connectivity index (χ1) is 9.24. The lowest BCUT2D eigenvalue weighted by Crippen LogP contribution is -2.57. The number of anilines is 1. The zero-order valence-corrected chi connectivity index (χ0v) is 12.5. The van der Waals surface area contributed by atoms with E-state index in [1.165, 1.54) is 18.2 Å². The van der Waals surface area contributed by atoms with Crippen LogP contribution in [0.1, 0.15) is 20.8 Å². The molecule has 1 aliphatic heterocycles. The van der Waals surface area contributed by atoms with Crippen molar-refractivity contribution in [3.05, 3.63) is 29.0 Å². The Kier molecular flexibility index (Phi) is 4.09. The molecule has 0 spiro atoms. The summed E-state index contributed by atoms with van der Waals surface area (Å²) in [5.41, 5.74) is 0.0436. The number of carbonyl (C=O) groups is 1. The van der Waals surface area contributed by atoms with Crippen LogP contribution in [0.3, 0.4) is 0 Å². The zero-order chi connectivity index (χ0) is 14.9. The number of ether oxygens (including phenoxy) is 1. The molecule has 0 radical (unpaired) electrons. The van der Waals surface area contributed by atoms with Crippen LogP contribution in [0.5, 0.6) is 0 Å². The highest BCUT2D eigenvalue weighted by Crippen LogP contribution is 2.25. The number of halogens is 2. The van der Waals surface area contributed by atoms with Gasteiger partial charge in [-0.05, 0) is 39.0 Å². The van der Waals surface area contributed by atoms with Gasteiger partial charge in [-0.15, -0.1) is 0 Å². The maximum Gasteiger partial charge on any atom is 0.410 e. The predicted molar refractivity (Wildman–Crippen MR) is 76.6 cm³/mol. The minimum Gasteiger partial charge on any atom is -0.444 e. The molecule has 0 saturated carbocycles. The number of benzene rings is 1. The first kappa shape index (κ1) is 14.9. The summed E-state index contributed by atoms with van der Waals surface area (Å²) in [6, 6.07) is 4.21. The molecule has 6 heteroatoms. The van der Waals surface area contributed by atoms with Gasteiger partial charge < -0.3 is 15.0 Å². The van der Waals surface area contributed by atoms with Crippen LogP contribution < -0.4 is 5.32 Å². The monoisotopic (exact) mass is 300 g/mol. The molecular weight excluding hydrogens is 283 g/mol. The molecule has 1 aromatic carbocycles. The molecule has 1 heterocycles. The van der Waals surface area contributed by atoms with Gasteiger partial charge >= 0.3 is 6.09 Å². The van der Waals surface area contributed by atoms with Crippen LogP contribution in [0.4, 0.5) is 14.9 Å². The predicted octanol–water partition coefficient (Wildman–Crippen LogP) is 3.51. The van der Waals surface area contributed by atoms with Gasteiger partial charge in [-0.25, -0.2) is 9.18 Å². The summed E-state index contributed by atoms with van der Waals surface area (Å²) in [7, 11) is 0. The molecule has 20 heavy (non-hydrogen) atoms. The fourth-order valence-electron chi connectivity index (χ4n) is 1.87. The van der Waals surface area contributed by atoms with E-state index in [0.717, 1.165) is 0 Å². The molecule has 0 bridgehead atoms. The van der Waals surface area contributed by atoms with Crippen LogP contribution in [-0.2, 0) is 4.74 Å². The van der Waals surface area contributed by atoms with Gasteiger partial charge in [0, 0.05) is 13.1 Å². The summed E-state index contributed by atoms with van der Waals surface area (Å²) < 4.78 is 18.4. The van der Waals surface area contributed by atoms with Crippen molar-refractivity contribution in [2.24, 2.45) is 0 Å². The van der Waals surface area contributed by atoms with Gasteiger partial charge in [-0.1, -0.05) is 11.6 Å². The minimum atomic E-state index is -0.499. The second-order valence-corrected chi connectivity index (χ2v) is 6.26. The molecule has 0 aromatic heterocycles. The number of carbonyl (C=O) groups excluding carboxylic acids is 1. The van der Waals surface area contributed by atoms with Crippen molar-refractivity contribution in [2.75, 3.05) is 18.4 Å². The van der Waals surface area contributed by atoms with Crippen LogP contribution in [0.15, 0.2) is 18.2 Å². The average Bonchev–Trinajstić information content (AvgIpc) is 2.24. The Morgan fingerprint density at radius 3 is 2.70 bits per heavy atom. The number of nitrogens with one attached hydrogen (secondary N) is 1. The van der Waals surface area contributed by atoms with Crippen LogP contribution in [-0.4, -0.2) is 35.7 Å². The van der Waals surface area contributed by atoms with Crippen molar-refractivity contribution in [2.45, 2.75) is 32.4 Å². The Balaban J connectivity index is 1.85. The maximum absolute atomic E-state index is 13.1. The molecule has 1 aliphatic rings. The Hall–Kier alpha value is -1.49. The van der Waals surface area contributed by atoms with Gasteiger partial charge in [0.2, 0.25) is 0 Å². The Morgan fingerprint density at radius 1 is 1.45 bits per heavy atom. The van der Waals surface area contributed by atoms with Crippen molar-refractivity contribution >= 4 is 23.4 Å². The van der Waals surface area contributed by atoms with E-state index in [9.17, 15) is 9.18 Å². The quantitative estimate of drug-likeness (QED) is 0.909. The van der Waals surface area contributed by atoms with Gasteiger partial charge in [0.05, 0.1) is 16.8 Å². The normalized spacial score (nSPS) is 15.8. The van der Waals surface area contributed by atoms with Crippen LogP contribution in [0.2, 0.25) is 5.02 Å². The standard InChI is InChI=1S/C14H18ClFN2O2/c1-14(2,3)20-13(19)18-7-10(8-18)17-12-6-9(16)4-5-11(12)15/h4-6,10,17H,7-8H2,1-3H3. The van der Waals surface area contributed by atoms with Crippen LogP contribution in [0, 0.1) is 5.82 Å². The summed E-state index contributed by atoms with van der Waals surface area (Å²) >= 11 is 5.97. The average molecular weight is 301 g/mol. The summed E-state index contributed by atoms with van der Waals surface area (Å²) in [5, 5.41) is 3.57. The number of amides is 1. The lowest BCUT2D eigenvalue weighted by Gasteiger charge is -2.40. The van der Waals surface area contributed by atoms with E-state index in [2.05, 4.69) is 5.32 Å². The first-order valence-electron chi connectivity index (χ1n) is 6.44. The number of nitrogens with zero attached hydrogens (tertiary/aromatic N) is 1. The van der Waals surface area contributed by atoms with E-state index in [1.807, 2.05) is 20.8 Å². The second-order valence-electron chi connectivity index (χ2n) is 5.85. The number of likely N-dealkylation sites (tertiary alicyclic amines) is 1. The van der Waals surface area contributed by atoms with E-state index < -0.39 is 5.60 Å². The molecule has 0 atom stereocenters. The van der Waals surface area contributed by atoms with Crippen LogP contribution >= 0.6 is 11.6 Å². The molecule has 2 rings (SSSR count). The third kappa shape index (κ3) is 3.76. The molecule has 1 N–H and O–H groups in total. The fraction of sp³-hybridized carbons (Fsp3) is 0.500. The Bertz CT molecular complexity index is 510. The third-order valence-electron chi connectivity index (χ3n) is 2.82. The topological polar surface area (TPSA) is 41.6 Å². The summed E-state index contributed by atoms with van der Waals surface area (Å²) in [6.07, 6.45) is -0.333. The largest absolute Gasteiger partial charge is 0.444 e. The highest BCUT2D eigenvalue weighted by molar-refractivity contribution is 6.33. The molecule has 1 aromatic rings. The van der Waals surface area contributed by atoms with Crippen molar-refractivity contribution in [1.82, 2.24) is 4.90 Å². The van der Waals surface area contributed by atoms with Crippen molar-refractivity contribution in [3.63, 3.8) is 0 Å².